The minimum absolute atomic E-state index is 0.362. The summed E-state index contributed by atoms with van der Waals surface area (Å²) < 4.78 is 5.58. The number of nitrogens with zero attached hydrogens (tertiary/aromatic N) is 1. The molecule has 1 heterocycles. The summed E-state index contributed by atoms with van der Waals surface area (Å²) in [6.45, 7) is 5.67. The van der Waals surface area contributed by atoms with Crippen LogP contribution in [0.25, 0.3) is 11.3 Å². The highest BCUT2D eigenvalue weighted by Gasteiger charge is 2.09. The van der Waals surface area contributed by atoms with Crippen LogP contribution in [0, 0.1) is 0 Å². The Balaban J connectivity index is 2.07. The standard InChI is InChI=1S/C16H23N3O/c1-3-10-20-14-6-4-13(5-7-14)15-11-18-16(19-15)12(2)8-9-17/h4-7,11-12H,3,8-10,17H2,1-2H3,(H,18,19). The number of benzene rings is 1. The zero-order valence-corrected chi connectivity index (χ0v) is 12.2. The van der Waals surface area contributed by atoms with Gasteiger partial charge < -0.3 is 15.5 Å². The van der Waals surface area contributed by atoms with Crippen molar-refractivity contribution in [3.8, 4) is 17.0 Å². The van der Waals surface area contributed by atoms with E-state index in [0.717, 1.165) is 42.3 Å². The van der Waals surface area contributed by atoms with E-state index in [1.165, 1.54) is 0 Å². The molecule has 0 spiro atoms. The third-order valence-electron chi connectivity index (χ3n) is 3.30. The van der Waals surface area contributed by atoms with Gasteiger partial charge in [-0.1, -0.05) is 13.8 Å². The fourth-order valence-electron chi connectivity index (χ4n) is 2.07. The number of imidazole rings is 1. The smallest absolute Gasteiger partial charge is 0.119 e. The van der Waals surface area contributed by atoms with Crippen molar-refractivity contribution in [2.45, 2.75) is 32.6 Å². The number of H-pyrrole nitrogens is 1. The number of aromatic nitrogens is 2. The van der Waals surface area contributed by atoms with Crippen LogP contribution in [-0.2, 0) is 0 Å². The highest BCUT2D eigenvalue weighted by atomic mass is 16.5. The molecule has 0 saturated carbocycles. The third kappa shape index (κ3) is 3.61. The van der Waals surface area contributed by atoms with E-state index < -0.39 is 0 Å². The van der Waals surface area contributed by atoms with Gasteiger partial charge in [0.15, 0.2) is 0 Å². The number of hydrogen-bond acceptors (Lipinski definition) is 3. The molecule has 0 aliphatic carbocycles. The monoisotopic (exact) mass is 273 g/mol. The van der Waals surface area contributed by atoms with E-state index in [0.29, 0.717) is 12.5 Å². The average Bonchev–Trinajstić information content (AvgIpc) is 2.96. The van der Waals surface area contributed by atoms with Crippen molar-refractivity contribution in [1.29, 1.82) is 0 Å². The number of nitrogens with one attached hydrogen (secondary N) is 1. The summed E-state index contributed by atoms with van der Waals surface area (Å²) >= 11 is 0. The zero-order valence-electron chi connectivity index (χ0n) is 12.2. The minimum Gasteiger partial charge on any atom is -0.494 e. The number of hydrogen-bond donors (Lipinski definition) is 2. The topological polar surface area (TPSA) is 63.9 Å². The van der Waals surface area contributed by atoms with Crippen LogP contribution in [0.2, 0.25) is 0 Å². The molecule has 108 valence electrons. The Morgan fingerprint density at radius 2 is 2.05 bits per heavy atom. The first-order chi connectivity index (χ1) is 9.74. The van der Waals surface area contributed by atoms with Crippen LogP contribution in [0.5, 0.6) is 5.75 Å². The molecule has 1 aromatic carbocycles. The quantitative estimate of drug-likeness (QED) is 0.813. The largest absolute Gasteiger partial charge is 0.494 e. The molecule has 2 rings (SSSR count). The molecular weight excluding hydrogens is 250 g/mol. The molecule has 0 amide bonds. The average molecular weight is 273 g/mol. The van der Waals surface area contributed by atoms with E-state index in [4.69, 9.17) is 10.5 Å². The summed E-state index contributed by atoms with van der Waals surface area (Å²) in [5.41, 5.74) is 7.74. The molecule has 4 heteroatoms. The molecule has 1 aromatic heterocycles. The van der Waals surface area contributed by atoms with Crippen molar-refractivity contribution in [3.05, 3.63) is 36.3 Å². The Bertz CT molecular complexity index is 519. The molecule has 1 atom stereocenters. The predicted molar refractivity (Wildman–Crippen MR) is 81.9 cm³/mol. The Morgan fingerprint density at radius 1 is 1.30 bits per heavy atom. The highest BCUT2D eigenvalue weighted by molar-refractivity contribution is 5.59. The van der Waals surface area contributed by atoms with Crippen molar-refractivity contribution in [3.63, 3.8) is 0 Å². The summed E-state index contributed by atoms with van der Waals surface area (Å²) in [6.07, 6.45) is 3.84. The first kappa shape index (κ1) is 14.6. The van der Waals surface area contributed by atoms with E-state index >= 15 is 0 Å². The highest BCUT2D eigenvalue weighted by Crippen LogP contribution is 2.23. The zero-order chi connectivity index (χ0) is 14.4. The summed E-state index contributed by atoms with van der Waals surface area (Å²) in [6, 6.07) is 8.09. The molecule has 3 N–H and O–H groups in total. The normalized spacial score (nSPS) is 12.3. The van der Waals surface area contributed by atoms with Crippen LogP contribution in [0.15, 0.2) is 30.5 Å². The van der Waals surface area contributed by atoms with Gasteiger partial charge in [0.1, 0.15) is 11.6 Å². The van der Waals surface area contributed by atoms with Crippen molar-refractivity contribution in [2.24, 2.45) is 5.73 Å². The van der Waals surface area contributed by atoms with Crippen LogP contribution in [0.3, 0.4) is 0 Å². The molecule has 0 saturated heterocycles. The van der Waals surface area contributed by atoms with E-state index in [1.807, 2.05) is 18.3 Å². The predicted octanol–water partition coefficient (Wildman–Crippen LogP) is 3.32. The molecule has 0 bridgehead atoms. The van der Waals surface area contributed by atoms with E-state index in [1.54, 1.807) is 0 Å². The van der Waals surface area contributed by atoms with Crippen molar-refractivity contribution in [2.75, 3.05) is 13.2 Å². The van der Waals surface area contributed by atoms with Crippen LogP contribution in [-0.4, -0.2) is 23.1 Å². The lowest BCUT2D eigenvalue weighted by molar-refractivity contribution is 0.317. The maximum absolute atomic E-state index is 5.59. The maximum Gasteiger partial charge on any atom is 0.119 e. The maximum atomic E-state index is 5.59. The third-order valence-corrected chi connectivity index (χ3v) is 3.30. The number of ether oxygens (including phenoxy) is 1. The first-order valence-corrected chi connectivity index (χ1v) is 7.22. The van der Waals surface area contributed by atoms with E-state index in [9.17, 15) is 0 Å². The molecule has 0 aliphatic heterocycles. The van der Waals surface area contributed by atoms with Gasteiger partial charge in [-0.3, -0.25) is 0 Å². The van der Waals surface area contributed by atoms with Gasteiger partial charge in [-0.2, -0.15) is 0 Å². The molecule has 0 aliphatic rings. The van der Waals surface area contributed by atoms with Crippen LogP contribution in [0.4, 0.5) is 0 Å². The van der Waals surface area contributed by atoms with Crippen molar-refractivity contribution >= 4 is 0 Å². The molecule has 1 unspecified atom stereocenters. The molecular formula is C16H23N3O. The van der Waals surface area contributed by atoms with E-state index in [-0.39, 0.29) is 0 Å². The van der Waals surface area contributed by atoms with Gasteiger partial charge in [-0.05, 0) is 49.2 Å². The number of aromatic amines is 1. The molecule has 0 fully saturated rings. The minimum atomic E-state index is 0.362. The van der Waals surface area contributed by atoms with Crippen LogP contribution < -0.4 is 10.5 Å². The summed E-state index contributed by atoms with van der Waals surface area (Å²) in [7, 11) is 0. The van der Waals surface area contributed by atoms with Gasteiger partial charge in [0.05, 0.1) is 18.5 Å². The van der Waals surface area contributed by atoms with E-state index in [2.05, 4.69) is 35.9 Å². The SMILES string of the molecule is CCCOc1ccc(-c2cnc(C(C)CCN)[nH]2)cc1. The number of nitrogens with two attached hydrogens (primary N) is 1. The first-order valence-electron chi connectivity index (χ1n) is 7.22. The van der Waals surface area contributed by atoms with Gasteiger partial charge >= 0.3 is 0 Å². The van der Waals surface area contributed by atoms with Crippen molar-refractivity contribution in [1.82, 2.24) is 9.97 Å². The van der Waals surface area contributed by atoms with Gasteiger partial charge in [-0.15, -0.1) is 0 Å². The van der Waals surface area contributed by atoms with Gasteiger partial charge in [-0.25, -0.2) is 4.98 Å². The van der Waals surface area contributed by atoms with Gasteiger partial charge in [0.2, 0.25) is 0 Å². The van der Waals surface area contributed by atoms with Crippen molar-refractivity contribution < 1.29 is 4.74 Å². The fourth-order valence-corrected chi connectivity index (χ4v) is 2.07. The second-order valence-corrected chi connectivity index (χ2v) is 5.03. The Hall–Kier alpha value is -1.81. The second kappa shape index (κ2) is 7.10. The molecule has 20 heavy (non-hydrogen) atoms. The number of rotatable bonds is 7. The summed E-state index contributed by atoms with van der Waals surface area (Å²) in [5.74, 6) is 2.27. The summed E-state index contributed by atoms with van der Waals surface area (Å²) in [5, 5.41) is 0. The summed E-state index contributed by atoms with van der Waals surface area (Å²) in [4.78, 5) is 7.81. The molecule has 2 aromatic rings. The lowest BCUT2D eigenvalue weighted by Crippen LogP contribution is -2.05. The molecule has 0 radical (unpaired) electrons. The Kier molecular flexibility index (Phi) is 5.18. The Morgan fingerprint density at radius 3 is 2.70 bits per heavy atom. The van der Waals surface area contributed by atoms with Crippen LogP contribution in [0.1, 0.15) is 38.4 Å². The van der Waals surface area contributed by atoms with Crippen LogP contribution >= 0.6 is 0 Å². The lowest BCUT2D eigenvalue weighted by Gasteiger charge is -2.06. The Labute approximate surface area is 120 Å². The molecule has 4 nitrogen and oxygen atoms in total. The second-order valence-electron chi connectivity index (χ2n) is 5.03. The fraction of sp³-hybridized carbons (Fsp3) is 0.438. The lowest BCUT2D eigenvalue weighted by atomic mass is 10.1. The van der Waals surface area contributed by atoms with Gasteiger partial charge in [0.25, 0.3) is 0 Å². The van der Waals surface area contributed by atoms with Gasteiger partial charge in [0, 0.05) is 5.92 Å².